The van der Waals surface area contributed by atoms with E-state index in [-0.39, 0.29) is 0 Å². The molecule has 0 aliphatic heterocycles. The Hall–Kier alpha value is -0.500. The molecule has 0 heterocycles. The molecule has 0 aromatic rings. The van der Waals surface area contributed by atoms with Gasteiger partial charge in [-0.05, 0) is 12.8 Å². The predicted octanol–water partition coefficient (Wildman–Crippen LogP) is 2.23. The molecule has 0 fully saturated rings. The maximum absolute atomic E-state index is 4.99. The number of hydrogen-bond acceptors (Lipinski definition) is 2. The number of unbranched alkanes of at least 4 members (excludes halogenated alkanes) is 1. The normalized spacial score (nSPS) is 10.6. The van der Waals surface area contributed by atoms with E-state index in [1.54, 1.807) is 0 Å². The largest absolute Gasteiger partial charge is 0.277 e. The minimum absolute atomic E-state index is 0.774. The van der Waals surface area contributed by atoms with E-state index in [1.165, 1.54) is 6.42 Å². The summed E-state index contributed by atoms with van der Waals surface area (Å²) in [5.41, 5.74) is 2.74. The van der Waals surface area contributed by atoms with E-state index in [4.69, 9.17) is 4.84 Å². The van der Waals surface area contributed by atoms with E-state index in [9.17, 15) is 0 Å². The van der Waals surface area contributed by atoms with Gasteiger partial charge < -0.3 is 0 Å². The second-order valence-electron chi connectivity index (χ2n) is 2.16. The Morgan fingerprint density at radius 1 is 1.30 bits per heavy atom. The molecule has 1 N–H and O–H groups in total. The summed E-state index contributed by atoms with van der Waals surface area (Å²) in [6.45, 7) is 5.01. The summed E-state index contributed by atoms with van der Waals surface area (Å²) < 4.78 is 0. The second kappa shape index (κ2) is 8.50. The SMILES string of the molecule is CCC/C=C/NOCCC. The predicted molar refractivity (Wildman–Crippen MR) is 43.4 cm³/mol. The fourth-order valence-electron chi connectivity index (χ4n) is 0.507. The molecule has 0 aliphatic carbocycles. The zero-order valence-electron chi connectivity index (χ0n) is 6.89. The zero-order valence-corrected chi connectivity index (χ0v) is 6.89. The topological polar surface area (TPSA) is 21.3 Å². The molecule has 0 bridgehead atoms. The summed E-state index contributed by atoms with van der Waals surface area (Å²) in [4.78, 5) is 4.99. The Morgan fingerprint density at radius 2 is 2.10 bits per heavy atom. The van der Waals surface area contributed by atoms with Gasteiger partial charge in [-0.15, -0.1) is 0 Å². The van der Waals surface area contributed by atoms with Crippen LogP contribution in [-0.2, 0) is 4.84 Å². The number of hydroxylamine groups is 1. The Morgan fingerprint density at radius 3 is 2.70 bits per heavy atom. The van der Waals surface area contributed by atoms with Crippen LogP contribution in [0.3, 0.4) is 0 Å². The standard InChI is InChI=1S/C8H17NO/c1-3-5-6-7-9-10-8-4-2/h6-7,9H,3-5,8H2,1-2H3/b7-6+. The molecular formula is C8H17NO. The van der Waals surface area contributed by atoms with Crippen LogP contribution < -0.4 is 5.48 Å². The molecule has 0 saturated carbocycles. The van der Waals surface area contributed by atoms with E-state index in [1.807, 2.05) is 6.20 Å². The molecule has 0 amide bonds. The molecule has 10 heavy (non-hydrogen) atoms. The Kier molecular flexibility index (Phi) is 8.07. The van der Waals surface area contributed by atoms with Gasteiger partial charge in [-0.1, -0.05) is 26.3 Å². The van der Waals surface area contributed by atoms with E-state index >= 15 is 0 Å². The van der Waals surface area contributed by atoms with Gasteiger partial charge >= 0.3 is 0 Å². The lowest BCUT2D eigenvalue weighted by atomic mass is 10.3. The first-order valence-corrected chi connectivity index (χ1v) is 3.94. The highest BCUT2D eigenvalue weighted by Gasteiger charge is 1.76. The molecule has 0 spiro atoms. The van der Waals surface area contributed by atoms with Crippen LogP contribution >= 0.6 is 0 Å². The fourth-order valence-corrected chi connectivity index (χ4v) is 0.507. The molecule has 0 aromatic carbocycles. The summed E-state index contributed by atoms with van der Waals surface area (Å²) in [7, 11) is 0. The number of rotatable bonds is 6. The van der Waals surface area contributed by atoms with Crippen molar-refractivity contribution in [3.63, 3.8) is 0 Å². The van der Waals surface area contributed by atoms with Crippen LogP contribution in [0.25, 0.3) is 0 Å². The third-order valence-electron chi connectivity index (χ3n) is 1.03. The van der Waals surface area contributed by atoms with Crippen LogP contribution in [-0.4, -0.2) is 6.61 Å². The molecular weight excluding hydrogens is 126 g/mol. The van der Waals surface area contributed by atoms with E-state index in [0.29, 0.717) is 0 Å². The van der Waals surface area contributed by atoms with Crippen LogP contribution in [0.5, 0.6) is 0 Å². The lowest BCUT2D eigenvalue weighted by Gasteiger charge is -1.97. The van der Waals surface area contributed by atoms with Crippen LogP contribution in [0, 0.1) is 0 Å². The third-order valence-corrected chi connectivity index (χ3v) is 1.03. The summed E-state index contributed by atoms with van der Waals surface area (Å²) in [6.07, 6.45) is 7.26. The fraction of sp³-hybridized carbons (Fsp3) is 0.750. The van der Waals surface area contributed by atoms with Crippen LogP contribution in [0.4, 0.5) is 0 Å². The first-order chi connectivity index (χ1) is 4.91. The quantitative estimate of drug-likeness (QED) is 0.455. The average Bonchev–Trinajstić information content (AvgIpc) is 1.97. The van der Waals surface area contributed by atoms with E-state index in [2.05, 4.69) is 25.4 Å². The van der Waals surface area contributed by atoms with Gasteiger partial charge in [0.25, 0.3) is 0 Å². The molecule has 60 valence electrons. The summed E-state index contributed by atoms with van der Waals surface area (Å²) in [5.74, 6) is 0. The number of nitrogens with one attached hydrogen (secondary N) is 1. The molecule has 0 unspecified atom stereocenters. The van der Waals surface area contributed by atoms with Crippen LogP contribution in [0.15, 0.2) is 12.3 Å². The molecule has 0 aromatic heterocycles. The van der Waals surface area contributed by atoms with Gasteiger partial charge in [0.1, 0.15) is 0 Å². The van der Waals surface area contributed by atoms with Crippen molar-refractivity contribution in [3.8, 4) is 0 Å². The van der Waals surface area contributed by atoms with Crippen molar-refractivity contribution in [1.82, 2.24) is 5.48 Å². The summed E-state index contributed by atoms with van der Waals surface area (Å²) in [6, 6.07) is 0. The summed E-state index contributed by atoms with van der Waals surface area (Å²) >= 11 is 0. The van der Waals surface area contributed by atoms with Gasteiger partial charge in [-0.2, -0.15) is 0 Å². The van der Waals surface area contributed by atoms with Gasteiger partial charge in [0.2, 0.25) is 0 Å². The van der Waals surface area contributed by atoms with Crippen LogP contribution in [0.2, 0.25) is 0 Å². The molecule has 2 heteroatoms. The lowest BCUT2D eigenvalue weighted by Crippen LogP contribution is -2.06. The van der Waals surface area contributed by atoms with Crippen molar-refractivity contribution < 1.29 is 4.84 Å². The Labute approximate surface area is 63.2 Å². The van der Waals surface area contributed by atoms with Crippen molar-refractivity contribution >= 4 is 0 Å². The minimum Gasteiger partial charge on any atom is -0.277 e. The molecule has 0 aliphatic rings. The average molecular weight is 143 g/mol. The van der Waals surface area contributed by atoms with Crippen molar-refractivity contribution in [2.45, 2.75) is 33.1 Å². The van der Waals surface area contributed by atoms with Crippen molar-refractivity contribution in [2.75, 3.05) is 6.61 Å². The number of hydrogen-bond donors (Lipinski definition) is 1. The van der Waals surface area contributed by atoms with Gasteiger partial charge in [0.15, 0.2) is 0 Å². The molecule has 0 saturated heterocycles. The van der Waals surface area contributed by atoms with Gasteiger partial charge in [0.05, 0.1) is 6.61 Å². The number of allylic oxidation sites excluding steroid dienone is 1. The minimum atomic E-state index is 0.774. The first-order valence-electron chi connectivity index (χ1n) is 3.94. The molecule has 0 radical (unpaired) electrons. The smallest absolute Gasteiger partial charge is 0.0743 e. The first kappa shape index (κ1) is 9.50. The van der Waals surface area contributed by atoms with Gasteiger partial charge in [-0.3, -0.25) is 10.3 Å². The molecule has 0 rings (SSSR count). The van der Waals surface area contributed by atoms with Crippen LogP contribution in [0.1, 0.15) is 33.1 Å². The van der Waals surface area contributed by atoms with E-state index in [0.717, 1.165) is 19.4 Å². The van der Waals surface area contributed by atoms with Gasteiger partial charge in [0, 0.05) is 6.20 Å². The second-order valence-corrected chi connectivity index (χ2v) is 2.16. The van der Waals surface area contributed by atoms with Gasteiger partial charge in [-0.25, -0.2) is 0 Å². The highest BCUT2D eigenvalue weighted by atomic mass is 16.6. The molecule has 0 atom stereocenters. The Bertz CT molecular complexity index is 81.3. The van der Waals surface area contributed by atoms with Crippen molar-refractivity contribution in [1.29, 1.82) is 0 Å². The Balaban J connectivity index is 2.88. The highest BCUT2D eigenvalue weighted by Crippen LogP contribution is 1.85. The maximum Gasteiger partial charge on any atom is 0.0743 e. The third kappa shape index (κ3) is 7.50. The lowest BCUT2D eigenvalue weighted by molar-refractivity contribution is 0.0716. The molecule has 2 nitrogen and oxygen atoms in total. The summed E-state index contributed by atoms with van der Waals surface area (Å²) in [5, 5.41) is 0. The monoisotopic (exact) mass is 143 g/mol. The van der Waals surface area contributed by atoms with Crippen molar-refractivity contribution in [3.05, 3.63) is 12.3 Å². The highest BCUT2D eigenvalue weighted by molar-refractivity contribution is 4.75. The van der Waals surface area contributed by atoms with Crippen molar-refractivity contribution in [2.24, 2.45) is 0 Å². The zero-order chi connectivity index (χ0) is 7.66. The van der Waals surface area contributed by atoms with E-state index < -0.39 is 0 Å². The maximum atomic E-state index is 4.99.